The Morgan fingerprint density at radius 2 is 1.78 bits per heavy atom. The number of rotatable bonds is 6. The van der Waals surface area contributed by atoms with E-state index in [0.29, 0.717) is 36.1 Å². The van der Waals surface area contributed by atoms with Crippen molar-refractivity contribution >= 4 is 11.8 Å². The van der Waals surface area contributed by atoms with E-state index in [9.17, 15) is 9.59 Å². The van der Waals surface area contributed by atoms with Gasteiger partial charge in [-0.3, -0.25) is 9.59 Å². The van der Waals surface area contributed by atoms with E-state index in [1.165, 1.54) is 0 Å². The molecule has 1 fully saturated rings. The minimum absolute atomic E-state index is 0.0312. The lowest BCUT2D eigenvalue weighted by molar-refractivity contribution is -0.117. The third-order valence-corrected chi connectivity index (χ3v) is 5.03. The highest BCUT2D eigenvalue weighted by atomic mass is 16.5. The zero-order chi connectivity index (χ0) is 20.0. The van der Waals surface area contributed by atoms with Crippen molar-refractivity contribution in [3.8, 4) is 11.5 Å². The molecule has 0 aliphatic carbocycles. The van der Waals surface area contributed by atoms with Crippen LogP contribution in [0.2, 0.25) is 0 Å². The predicted octanol–water partition coefficient (Wildman–Crippen LogP) is 3.03. The van der Waals surface area contributed by atoms with Gasteiger partial charge in [0.2, 0.25) is 5.91 Å². The standard InChI is InChI=1S/C21H30N2O4/c1-14(2)15(3)12-20(24)22-17-8-10-23(11-9-17)21(25)16-6-7-18(26-4)19(13-16)27-5/h6-7,12-14,17H,8-11H2,1-5H3,(H,22,24)/b15-12+. The lowest BCUT2D eigenvalue weighted by Crippen LogP contribution is -2.46. The van der Waals surface area contributed by atoms with E-state index in [2.05, 4.69) is 19.2 Å². The monoisotopic (exact) mass is 374 g/mol. The summed E-state index contributed by atoms with van der Waals surface area (Å²) in [6, 6.07) is 5.29. The number of piperidine rings is 1. The molecule has 6 heteroatoms. The predicted molar refractivity (Wildman–Crippen MR) is 105 cm³/mol. The molecule has 0 unspecified atom stereocenters. The number of nitrogens with one attached hydrogen (secondary N) is 1. The highest BCUT2D eigenvalue weighted by Gasteiger charge is 2.25. The van der Waals surface area contributed by atoms with Crippen LogP contribution in [-0.2, 0) is 4.79 Å². The number of amides is 2. The van der Waals surface area contributed by atoms with E-state index in [1.807, 2.05) is 11.8 Å². The van der Waals surface area contributed by atoms with Gasteiger partial charge in [-0.25, -0.2) is 0 Å². The van der Waals surface area contributed by atoms with Gasteiger partial charge < -0.3 is 19.7 Å². The number of allylic oxidation sites excluding steroid dienone is 1. The number of likely N-dealkylation sites (tertiary alicyclic amines) is 1. The summed E-state index contributed by atoms with van der Waals surface area (Å²) in [5.41, 5.74) is 1.64. The van der Waals surface area contributed by atoms with Gasteiger partial charge in [0.1, 0.15) is 0 Å². The third kappa shape index (κ3) is 5.49. The fourth-order valence-electron chi connectivity index (χ4n) is 3.00. The average molecular weight is 374 g/mol. The van der Waals surface area contributed by atoms with Crippen molar-refractivity contribution < 1.29 is 19.1 Å². The first-order chi connectivity index (χ1) is 12.8. The Hall–Kier alpha value is -2.50. The van der Waals surface area contributed by atoms with Crippen LogP contribution in [0.15, 0.2) is 29.8 Å². The smallest absolute Gasteiger partial charge is 0.253 e. The second-order valence-corrected chi connectivity index (χ2v) is 7.19. The molecule has 2 amide bonds. The maximum Gasteiger partial charge on any atom is 0.253 e. The summed E-state index contributed by atoms with van der Waals surface area (Å²) >= 11 is 0. The van der Waals surface area contributed by atoms with Gasteiger partial charge in [-0.2, -0.15) is 0 Å². The second kappa shape index (κ2) is 9.44. The van der Waals surface area contributed by atoms with Crippen LogP contribution in [0.5, 0.6) is 11.5 Å². The minimum Gasteiger partial charge on any atom is -0.493 e. The van der Waals surface area contributed by atoms with Gasteiger partial charge in [-0.05, 0) is 43.9 Å². The van der Waals surface area contributed by atoms with E-state index in [1.54, 1.807) is 38.5 Å². The lowest BCUT2D eigenvalue weighted by atomic mass is 10.0. The molecule has 0 aromatic heterocycles. The van der Waals surface area contributed by atoms with Crippen LogP contribution in [0.3, 0.4) is 0 Å². The largest absolute Gasteiger partial charge is 0.493 e. The fourth-order valence-corrected chi connectivity index (χ4v) is 3.00. The Morgan fingerprint density at radius 3 is 2.33 bits per heavy atom. The van der Waals surface area contributed by atoms with E-state index < -0.39 is 0 Å². The molecule has 6 nitrogen and oxygen atoms in total. The Bertz CT molecular complexity index is 704. The lowest BCUT2D eigenvalue weighted by Gasteiger charge is -2.32. The summed E-state index contributed by atoms with van der Waals surface area (Å²) in [5, 5.41) is 3.05. The number of nitrogens with zero attached hydrogens (tertiary/aromatic N) is 1. The molecule has 1 aromatic rings. The molecule has 1 aliphatic rings. The zero-order valence-corrected chi connectivity index (χ0v) is 16.9. The quantitative estimate of drug-likeness (QED) is 0.777. The Balaban J connectivity index is 1.92. The van der Waals surface area contributed by atoms with Crippen LogP contribution >= 0.6 is 0 Å². The molecule has 2 rings (SSSR count). The van der Waals surface area contributed by atoms with Crippen molar-refractivity contribution in [2.24, 2.45) is 5.92 Å². The van der Waals surface area contributed by atoms with Crippen molar-refractivity contribution in [1.29, 1.82) is 0 Å². The third-order valence-electron chi connectivity index (χ3n) is 5.03. The van der Waals surface area contributed by atoms with Gasteiger partial charge in [0.05, 0.1) is 14.2 Å². The molecule has 0 radical (unpaired) electrons. The molecule has 1 aromatic carbocycles. The van der Waals surface area contributed by atoms with Crippen LogP contribution in [0.1, 0.15) is 44.0 Å². The van der Waals surface area contributed by atoms with Crippen LogP contribution in [-0.4, -0.2) is 50.1 Å². The number of methoxy groups -OCH3 is 2. The Kier molecular flexibility index (Phi) is 7.28. The number of ether oxygens (including phenoxy) is 2. The molecular weight excluding hydrogens is 344 g/mol. The minimum atomic E-state index is -0.0501. The average Bonchev–Trinajstić information content (AvgIpc) is 2.67. The number of benzene rings is 1. The van der Waals surface area contributed by atoms with Crippen molar-refractivity contribution in [3.63, 3.8) is 0 Å². The molecule has 148 valence electrons. The van der Waals surface area contributed by atoms with Crippen LogP contribution in [0.4, 0.5) is 0 Å². The molecule has 0 saturated carbocycles. The zero-order valence-electron chi connectivity index (χ0n) is 16.9. The van der Waals surface area contributed by atoms with E-state index in [4.69, 9.17) is 9.47 Å². The maximum atomic E-state index is 12.7. The topological polar surface area (TPSA) is 67.9 Å². The van der Waals surface area contributed by atoms with Crippen molar-refractivity contribution in [2.75, 3.05) is 27.3 Å². The normalized spacial score (nSPS) is 15.6. The van der Waals surface area contributed by atoms with Gasteiger partial charge in [-0.1, -0.05) is 19.4 Å². The Morgan fingerprint density at radius 1 is 1.15 bits per heavy atom. The van der Waals surface area contributed by atoms with Crippen molar-refractivity contribution in [2.45, 2.75) is 39.7 Å². The van der Waals surface area contributed by atoms with E-state index in [-0.39, 0.29) is 17.9 Å². The summed E-state index contributed by atoms with van der Waals surface area (Å²) in [6.07, 6.45) is 3.17. The van der Waals surface area contributed by atoms with Gasteiger partial charge in [0, 0.05) is 30.8 Å². The summed E-state index contributed by atoms with van der Waals surface area (Å²) in [4.78, 5) is 26.7. The van der Waals surface area contributed by atoms with Gasteiger partial charge in [0.25, 0.3) is 5.91 Å². The van der Waals surface area contributed by atoms with Gasteiger partial charge >= 0.3 is 0 Å². The van der Waals surface area contributed by atoms with E-state index >= 15 is 0 Å². The van der Waals surface area contributed by atoms with Crippen molar-refractivity contribution in [3.05, 3.63) is 35.4 Å². The first-order valence-electron chi connectivity index (χ1n) is 9.35. The second-order valence-electron chi connectivity index (χ2n) is 7.19. The number of hydrogen-bond acceptors (Lipinski definition) is 4. The first-order valence-corrected chi connectivity index (χ1v) is 9.35. The molecule has 1 saturated heterocycles. The highest BCUT2D eigenvalue weighted by molar-refractivity contribution is 5.95. The molecule has 1 N–H and O–H groups in total. The van der Waals surface area contributed by atoms with Crippen LogP contribution in [0.25, 0.3) is 0 Å². The van der Waals surface area contributed by atoms with Crippen molar-refractivity contribution in [1.82, 2.24) is 10.2 Å². The molecule has 0 atom stereocenters. The van der Waals surface area contributed by atoms with Crippen LogP contribution in [0, 0.1) is 5.92 Å². The molecule has 1 aliphatic heterocycles. The summed E-state index contributed by atoms with van der Waals surface area (Å²) < 4.78 is 10.5. The van der Waals surface area contributed by atoms with E-state index in [0.717, 1.165) is 18.4 Å². The molecule has 1 heterocycles. The first kappa shape index (κ1) is 20.8. The number of carbonyl (C=O) groups excluding carboxylic acids is 2. The molecular formula is C21H30N2O4. The summed E-state index contributed by atoms with van der Waals surface area (Å²) in [7, 11) is 3.12. The molecule has 0 spiro atoms. The molecule has 0 bridgehead atoms. The van der Waals surface area contributed by atoms with Gasteiger partial charge in [0.15, 0.2) is 11.5 Å². The number of hydrogen-bond donors (Lipinski definition) is 1. The van der Waals surface area contributed by atoms with Gasteiger partial charge in [-0.15, -0.1) is 0 Å². The summed E-state index contributed by atoms with van der Waals surface area (Å²) in [5.74, 6) is 1.41. The highest BCUT2D eigenvalue weighted by Crippen LogP contribution is 2.28. The number of carbonyl (C=O) groups is 2. The maximum absolute atomic E-state index is 12.7. The Labute approximate surface area is 161 Å². The SMILES string of the molecule is COc1ccc(C(=O)N2CCC(NC(=O)/C=C(\C)C(C)C)CC2)cc1OC. The molecule has 27 heavy (non-hydrogen) atoms. The van der Waals surface area contributed by atoms with Crippen LogP contribution < -0.4 is 14.8 Å². The summed E-state index contributed by atoms with van der Waals surface area (Å²) in [6.45, 7) is 7.33. The fraction of sp³-hybridized carbons (Fsp3) is 0.524.